The molecule has 4 nitrogen and oxygen atoms in total. The van der Waals surface area contributed by atoms with Gasteiger partial charge in [0.05, 0.1) is 16.9 Å². The molecule has 0 unspecified atom stereocenters. The summed E-state index contributed by atoms with van der Waals surface area (Å²) in [7, 11) is 0. The molecule has 0 atom stereocenters. The Hall–Kier alpha value is -3.08. The molecule has 0 radical (unpaired) electrons. The molecule has 3 aromatic rings. The topological polar surface area (TPSA) is 37.3 Å². The fourth-order valence-corrected chi connectivity index (χ4v) is 4.36. The van der Waals surface area contributed by atoms with Gasteiger partial charge in [0.1, 0.15) is 5.82 Å². The van der Waals surface area contributed by atoms with Crippen LogP contribution in [0.25, 0.3) is 5.69 Å². The number of aromatic nitrogens is 1. The Morgan fingerprint density at radius 2 is 1.78 bits per heavy atom. The first-order valence-corrected chi connectivity index (χ1v) is 9.27. The fraction of sp³-hybridized carbons (Fsp3) is 0.227. The van der Waals surface area contributed by atoms with Crippen LogP contribution in [0.15, 0.2) is 66.9 Å². The van der Waals surface area contributed by atoms with E-state index >= 15 is 0 Å². The van der Waals surface area contributed by atoms with Gasteiger partial charge in [-0.25, -0.2) is 4.39 Å². The highest BCUT2D eigenvalue weighted by Gasteiger charge is 2.42. The maximum absolute atomic E-state index is 13.8. The standard InChI is InChI=1S/C22H20FN3O/c23-17-8-9-19-18(15-17)24-22(20-7-4-12-26(19)20)10-13-25(14-11-22)21(27)16-5-2-1-3-6-16/h1-9,12,15,24H,10-11,13-14H2. The molecule has 3 heterocycles. The summed E-state index contributed by atoms with van der Waals surface area (Å²) in [6.07, 6.45) is 3.59. The van der Waals surface area contributed by atoms with Gasteiger partial charge in [0.25, 0.3) is 5.91 Å². The highest BCUT2D eigenvalue weighted by molar-refractivity contribution is 5.94. The number of carbonyl (C=O) groups is 1. The van der Waals surface area contributed by atoms with Crippen molar-refractivity contribution in [2.24, 2.45) is 0 Å². The molecule has 1 aromatic heterocycles. The number of anilines is 1. The van der Waals surface area contributed by atoms with E-state index in [1.165, 1.54) is 11.8 Å². The molecule has 27 heavy (non-hydrogen) atoms. The maximum Gasteiger partial charge on any atom is 0.253 e. The van der Waals surface area contributed by atoms with Crippen molar-refractivity contribution < 1.29 is 9.18 Å². The number of nitrogens with one attached hydrogen (secondary N) is 1. The van der Waals surface area contributed by atoms with Crippen molar-refractivity contribution in [2.45, 2.75) is 18.4 Å². The molecule has 2 aliphatic heterocycles. The molecule has 1 spiro atoms. The molecule has 1 N–H and O–H groups in total. The highest BCUT2D eigenvalue weighted by Crippen LogP contribution is 2.43. The van der Waals surface area contributed by atoms with E-state index in [1.54, 1.807) is 6.07 Å². The number of halogens is 1. The number of hydrogen-bond donors (Lipinski definition) is 1. The lowest BCUT2D eigenvalue weighted by molar-refractivity contribution is 0.0676. The van der Waals surface area contributed by atoms with Gasteiger partial charge >= 0.3 is 0 Å². The number of fused-ring (bicyclic) bond motifs is 4. The number of amides is 1. The Bertz CT molecular complexity index is 1000. The van der Waals surface area contributed by atoms with Crippen LogP contribution in [0.3, 0.4) is 0 Å². The van der Waals surface area contributed by atoms with E-state index in [0.717, 1.165) is 29.8 Å². The number of nitrogens with zero attached hydrogens (tertiary/aromatic N) is 2. The van der Waals surface area contributed by atoms with Crippen molar-refractivity contribution in [3.8, 4) is 5.69 Å². The van der Waals surface area contributed by atoms with Crippen molar-refractivity contribution in [1.82, 2.24) is 9.47 Å². The van der Waals surface area contributed by atoms with Crippen molar-refractivity contribution in [1.29, 1.82) is 0 Å². The van der Waals surface area contributed by atoms with Gasteiger partial charge in [0.15, 0.2) is 0 Å². The maximum atomic E-state index is 13.8. The van der Waals surface area contributed by atoms with E-state index in [2.05, 4.69) is 16.0 Å². The summed E-state index contributed by atoms with van der Waals surface area (Å²) >= 11 is 0. The molecule has 136 valence electrons. The first-order valence-electron chi connectivity index (χ1n) is 9.27. The van der Waals surface area contributed by atoms with Gasteiger partial charge in [-0.05, 0) is 55.3 Å². The summed E-state index contributed by atoms with van der Waals surface area (Å²) in [5.74, 6) is -0.174. The molecule has 2 aliphatic rings. The molecule has 0 aliphatic carbocycles. The van der Waals surface area contributed by atoms with E-state index in [0.29, 0.717) is 13.1 Å². The Morgan fingerprint density at radius 3 is 2.56 bits per heavy atom. The van der Waals surface area contributed by atoms with Gasteiger partial charge in [0.2, 0.25) is 0 Å². The third kappa shape index (κ3) is 2.53. The first kappa shape index (κ1) is 16.1. The van der Waals surface area contributed by atoms with E-state index < -0.39 is 0 Å². The van der Waals surface area contributed by atoms with Crippen LogP contribution < -0.4 is 5.32 Å². The predicted octanol–water partition coefficient (Wildman–Crippen LogP) is 4.17. The van der Waals surface area contributed by atoms with Gasteiger partial charge in [-0.1, -0.05) is 18.2 Å². The second-order valence-electron chi connectivity index (χ2n) is 7.29. The van der Waals surface area contributed by atoms with Crippen LogP contribution in [0.4, 0.5) is 10.1 Å². The van der Waals surface area contributed by atoms with E-state index in [4.69, 9.17) is 0 Å². The molecule has 2 aromatic carbocycles. The highest BCUT2D eigenvalue weighted by atomic mass is 19.1. The minimum Gasteiger partial charge on any atom is -0.372 e. The minimum atomic E-state index is -0.280. The van der Waals surface area contributed by atoms with Crippen LogP contribution in [0.2, 0.25) is 0 Å². The van der Waals surface area contributed by atoms with E-state index in [9.17, 15) is 9.18 Å². The third-order valence-electron chi connectivity index (χ3n) is 5.76. The summed E-state index contributed by atoms with van der Waals surface area (Å²) in [5, 5.41) is 3.60. The van der Waals surface area contributed by atoms with Crippen molar-refractivity contribution >= 4 is 11.6 Å². The molecule has 5 rings (SSSR count). The average Bonchev–Trinajstić information content (AvgIpc) is 3.20. The summed E-state index contributed by atoms with van der Waals surface area (Å²) < 4.78 is 15.9. The lowest BCUT2D eigenvalue weighted by Crippen LogP contribution is -2.51. The number of benzene rings is 2. The first-order chi connectivity index (χ1) is 13.2. The molecule has 1 fully saturated rings. The van der Waals surface area contributed by atoms with Crippen LogP contribution >= 0.6 is 0 Å². The number of hydrogen-bond acceptors (Lipinski definition) is 2. The zero-order valence-electron chi connectivity index (χ0n) is 14.9. The summed E-state index contributed by atoms with van der Waals surface area (Å²) in [4.78, 5) is 14.7. The van der Waals surface area contributed by atoms with Crippen LogP contribution in [0.1, 0.15) is 28.9 Å². The largest absolute Gasteiger partial charge is 0.372 e. The monoisotopic (exact) mass is 361 g/mol. The zero-order chi connectivity index (χ0) is 18.4. The Labute approximate surface area is 157 Å². The van der Waals surface area contributed by atoms with Crippen LogP contribution in [0.5, 0.6) is 0 Å². The molecular weight excluding hydrogens is 341 g/mol. The van der Waals surface area contributed by atoms with Gasteiger partial charge < -0.3 is 14.8 Å². The fourth-order valence-electron chi connectivity index (χ4n) is 4.36. The van der Waals surface area contributed by atoms with Gasteiger partial charge in [0, 0.05) is 30.5 Å². The van der Waals surface area contributed by atoms with E-state index in [1.807, 2.05) is 53.6 Å². The lowest BCUT2D eigenvalue weighted by Gasteiger charge is -2.46. The molecule has 5 heteroatoms. The number of rotatable bonds is 1. The van der Waals surface area contributed by atoms with Crippen molar-refractivity contribution in [2.75, 3.05) is 18.4 Å². The van der Waals surface area contributed by atoms with Crippen LogP contribution in [-0.2, 0) is 5.54 Å². The second-order valence-corrected chi connectivity index (χ2v) is 7.29. The SMILES string of the molecule is O=C(c1ccccc1)N1CCC2(CC1)Nc1cc(F)ccc1-n1cccc12. The van der Waals surface area contributed by atoms with Crippen LogP contribution in [0, 0.1) is 5.82 Å². The molecular formula is C22H20FN3O. The van der Waals surface area contributed by atoms with Gasteiger partial charge in [-0.2, -0.15) is 0 Å². The Balaban J connectivity index is 1.44. The molecule has 1 amide bonds. The number of carbonyl (C=O) groups excluding carboxylic acids is 1. The minimum absolute atomic E-state index is 0.0723. The quantitative estimate of drug-likeness (QED) is 0.706. The Kier molecular flexibility index (Phi) is 3.57. The van der Waals surface area contributed by atoms with Crippen molar-refractivity contribution in [3.05, 3.63) is 83.9 Å². The summed E-state index contributed by atoms with van der Waals surface area (Å²) in [6.45, 7) is 1.33. The Morgan fingerprint density at radius 1 is 1.00 bits per heavy atom. The molecule has 0 saturated carbocycles. The summed E-state index contributed by atoms with van der Waals surface area (Å²) in [5.41, 5.74) is 3.39. The zero-order valence-corrected chi connectivity index (χ0v) is 14.9. The predicted molar refractivity (Wildman–Crippen MR) is 103 cm³/mol. The summed E-state index contributed by atoms with van der Waals surface area (Å²) in [6, 6.07) is 18.4. The van der Waals surface area contributed by atoms with E-state index in [-0.39, 0.29) is 17.3 Å². The van der Waals surface area contributed by atoms with Gasteiger partial charge in [-0.15, -0.1) is 0 Å². The number of piperidine rings is 1. The molecule has 0 bridgehead atoms. The average molecular weight is 361 g/mol. The smallest absolute Gasteiger partial charge is 0.253 e. The lowest BCUT2D eigenvalue weighted by atomic mass is 9.82. The number of likely N-dealkylation sites (tertiary alicyclic amines) is 1. The second kappa shape index (κ2) is 5.98. The van der Waals surface area contributed by atoms with Gasteiger partial charge in [-0.3, -0.25) is 4.79 Å². The van der Waals surface area contributed by atoms with Crippen molar-refractivity contribution in [3.63, 3.8) is 0 Å². The third-order valence-corrected chi connectivity index (χ3v) is 5.76. The van der Waals surface area contributed by atoms with Crippen LogP contribution in [-0.4, -0.2) is 28.5 Å². The molecule has 1 saturated heterocycles. The normalized spacial score (nSPS) is 17.1.